The summed E-state index contributed by atoms with van der Waals surface area (Å²) in [5.74, 6) is 0.0520. The normalized spacial score (nSPS) is 10.5. The summed E-state index contributed by atoms with van der Waals surface area (Å²) in [4.78, 5) is 12.4. The molecule has 0 aliphatic rings. The summed E-state index contributed by atoms with van der Waals surface area (Å²) in [6.07, 6.45) is 0.388. The molecule has 98 valence electrons. The highest BCUT2D eigenvalue weighted by atomic mass is 79.9. The van der Waals surface area contributed by atoms with Gasteiger partial charge in [-0.2, -0.15) is 0 Å². The third-order valence-electron chi connectivity index (χ3n) is 3.30. The van der Waals surface area contributed by atoms with Crippen molar-refractivity contribution in [3.05, 3.63) is 63.1 Å². The van der Waals surface area contributed by atoms with Crippen LogP contribution < -0.4 is 5.73 Å². The van der Waals surface area contributed by atoms with Crippen LogP contribution in [0.4, 0.5) is 5.69 Å². The van der Waals surface area contributed by atoms with Gasteiger partial charge in [-0.05, 0) is 48.7 Å². The number of carbonyl (C=O) groups excluding carboxylic acids is 1. The first kappa shape index (κ1) is 13.8. The first-order valence-electron chi connectivity index (χ1n) is 6.12. The van der Waals surface area contributed by atoms with E-state index in [1.165, 1.54) is 0 Å². The summed E-state index contributed by atoms with van der Waals surface area (Å²) in [6, 6.07) is 11.4. The van der Waals surface area contributed by atoms with Crippen molar-refractivity contribution in [3.8, 4) is 0 Å². The molecule has 0 radical (unpaired) electrons. The standard InChI is InChI=1S/C16H16BrNO/c1-10-4-3-5-11(2)13(10)9-16(19)14-8-12(17)6-7-15(14)18/h3-8H,9,18H2,1-2H3. The fourth-order valence-corrected chi connectivity index (χ4v) is 2.51. The molecule has 0 saturated heterocycles. The first-order valence-corrected chi connectivity index (χ1v) is 6.91. The molecule has 0 aromatic heterocycles. The summed E-state index contributed by atoms with van der Waals surface area (Å²) in [5.41, 5.74) is 10.4. The molecule has 2 N–H and O–H groups in total. The van der Waals surface area contributed by atoms with Gasteiger partial charge in [0.1, 0.15) is 0 Å². The highest BCUT2D eigenvalue weighted by molar-refractivity contribution is 9.10. The van der Waals surface area contributed by atoms with Gasteiger partial charge in [-0.1, -0.05) is 34.1 Å². The van der Waals surface area contributed by atoms with Crippen molar-refractivity contribution in [1.29, 1.82) is 0 Å². The van der Waals surface area contributed by atoms with Crippen molar-refractivity contribution in [2.75, 3.05) is 5.73 Å². The number of hydrogen-bond acceptors (Lipinski definition) is 2. The van der Waals surface area contributed by atoms with Crippen LogP contribution in [0.2, 0.25) is 0 Å². The molecule has 0 amide bonds. The van der Waals surface area contributed by atoms with Gasteiger partial charge in [-0.3, -0.25) is 4.79 Å². The number of aryl methyl sites for hydroxylation is 2. The van der Waals surface area contributed by atoms with Gasteiger partial charge < -0.3 is 5.73 Å². The lowest BCUT2D eigenvalue weighted by Gasteiger charge is -2.10. The second kappa shape index (κ2) is 5.57. The van der Waals surface area contributed by atoms with Crippen LogP contribution in [0.1, 0.15) is 27.0 Å². The van der Waals surface area contributed by atoms with Crippen molar-refractivity contribution in [3.63, 3.8) is 0 Å². The summed E-state index contributed by atoms with van der Waals surface area (Å²) < 4.78 is 0.867. The molecular formula is C16H16BrNO. The molecule has 0 atom stereocenters. The lowest BCUT2D eigenvalue weighted by Crippen LogP contribution is -2.09. The Balaban J connectivity index is 2.34. The molecule has 19 heavy (non-hydrogen) atoms. The Bertz CT molecular complexity index is 614. The zero-order valence-electron chi connectivity index (χ0n) is 11.0. The number of benzene rings is 2. The smallest absolute Gasteiger partial charge is 0.169 e. The van der Waals surface area contributed by atoms with Crippen LogP contribution >= 0.6 is 15.9 Å². The molecule has 0 unspecified atom stereocenters. The minimum absolute atomic E-state index is 0.0520. The molecule has 0 spiro atoms. The van der Waals surface area contributed by atoms with E-state index in [0.29, 0.717) is 17.7 Å². The number of nitrogen functional groups attached to an aromatic ring is 1. The summed E-state index contributed by atoms with van der Waals surface area (Å²) in [7, 11) is 0. The van der Waals surface area contributed by atoms with E-state index in [1.807, 2.05) is 38.1 Å². The van der Waals surface area contributed by atoms with E-state index in [-0.39, 0.29) is 5.78 Å². The summed E-state index contributed by atoms with van der Waals surface area (Å²) in [6.45, 7) is 4.06. The molecule has 2 aromatic rings. The quantitative estimate of drug-likeness (QED) is 0.685. The van der Waals surface area contributed by atoms with Crippen LogP contribution in [-0.4, -0.2) is 5.78 Å². The molecule has 2 aromatic carbocycles. The molecular weight excluding hydrogens is 302 g/mol. The average molecular weight is 318 g/mol. The van der Waals surface area contributed by atoms with Gasteiger partial charge in [-0.25, -0.2) is 0 Å². The molecule has 0 heterocycles. The van der Waals surface area contributed by atoms with Gasteiger partial charge in [-0.15, -0.1) is 0 Å². The number of Topliss-reactive ketones (excluding diaryl/α,β-unsaturated/α-hetero) is 1. The third kappa shape index (κ3) is 3.04. The Kier molecular flexibility index (Phi) is 4.05. The number of nitrogens with two attached hydrogens (primary N) is 1. The number of halogens is 1. The van der Waals surface area contributed by atoms with E-state index in [2.05, 4.69) is 15.9 Å². The Labute approximate surface area is 121 Å². The molecule has 0 saturated carbocycles. The van der Waals surface area contributed by atoms with Crippen LogP contribution in [0.15, 0.2) is 40.9 Å². The highest BCUT2D eigenvalue weighted by Crippen LogP contribution is 2.22. The summed E-state index contributed by atoms with van der Waals surface area (Å²) in [5, 5.41) is 0. The maximum Gasteiger partial charge on any atom is 0.169 e. The number of rotatable bonds is 3. The van der Waals surface area contributed by atoms with E-state index < -0.39 is 0 Å². The van der Waals surface area contributed by atoms with Gasteiger partial charge in [0, 0.05) is 22.1 Å². The largest absolute Gasteiger partial charge is 0.398 e. The molecule has 3 heteroatoms. The topological polar surface area (TPSA) is 43.1 Å². The van der Waals surface area contributed by atoms with Crippen LogP contribution in [-0.2, 0) is 6.42 Å². The molecule has 2 nitrogen and oxygen atoms in total. The third-order valence-corrected chi connectivity index (χ3v) is 3.79. The van der Waals surface area contributed by atoms with Crippen LogP contribution in [0.25, 0.3) is 0 Å². The van der Waals surface area contributed by atoms with Crippen molar-refractivity contribution in [2.24, 2.45) is 0 Å². The molecule has 0 bridgehead atoms. The maximum atomic E-state index is 12.4. The van der Waals surface area contributed by atoms with E-state index in [1.54, 1.807) is 12.1 Å². The fourth-order valence-electron chi connectivity index (χ4n) is 2.15. The van der Waals surface area contributed by atoms with Gasteiger partial charge in [0.15, 0.2) is 5.78 Å². The van der Waals surface area contributed by atoms with Crippen molar-refractivity contribution in [1.82, 2.24) is 0 Å². The Hall–Kier alpha value is -1.61. The van der Waals surface area contributed by atoms with Gasteiger partial charge in [0.2, 0.25) is 0 Å². The molecule has 2 rings (SSSR count). The molecule has 0 aliphatic carbocycles. The zero-order valence-corrected chi connectivity index (χ0v) is 12.6. The molecule has 0 fully saturated rings. The summed E-state index contributed by atoms with van der Waals surface area (Å²) >= 11 is 3.37. The van der Waals surface area contributed by atoms with Gasteiger partial charge in [0.25, 0.3) is 0 Å². The Morgan fingerprint density at radius 1 is 1.16 bits per heavy atom. The lowest BCUT2D eigenvalue weighted by molar-refractivity contribution is 0.0993. The first-order chi connectivity index (χ1) is 8.99. The van der Waals surface area contributed by atoms with Crippen molar-refractivity contribution >= 4 is 27.4 Å². The van der Waals surface area contributed by atoms with Crippen LogP contribution in [0.3, 0.4) is 0 Å². The second-order valence-corrected chi connectivity index (χ2v) is 5.62. The van der Waals surface area contributed by atoms with E-state index in [9.17, 15) is 4.79 Å². The Morgan fingerprint density at radius 2 is 1.79 bits per heavy atom. The fraction of sp³-hybridized carbons (Fsp3) is 0.188. The monoisotopic (exact) mass is 317 g/mol. The van der Waals surface area contributed by atoms with Gasteiger partial charge >= 0.3 is 0 Å². The number of carbonyl (C=O) groups is 1. The lowest BCUT2D eigenvalue weighted by atomic mass is 9.95. The minimum Gasteiger partial charge on any atom is -0.398 e. The van der Waals surface area contributed by atoms with Gasteiger partial charge in [0.05, 0.1) is 0 Å². The van der Waals surface area contributed by atoms with Crippen molar-refractivity contribution < 1.29 is 4.79 Å². The Morgan fingerprint density at radius 3 is 2.42 bits per heavy atom. The van der Waals surface area contributed by atoms with E-state index in [4.69, 9.17) is 5.73 Å². The number of ketones is 1. The van der Waals surface area contributed by atoms with Crippen LogP contribution in [0.5, 0.6) is 0 Å². The zero-order chi connectivity index (χ0) is 14.0. The predicted octanol–water partition coefficient (Wildman–Crippen LogP) is 4.07. The van der Waals surface area contributed by atoms with Crippen molar-refractivity contribution in [2.45, 2.75) is 20.3 Å². The van der Waals surface area contributed by atoms with Crippen LogP contribution in [0, 0.1) is 13.8 Å². The van der Waals surface area contributed by atoms with E-state index in [0.717, 1.165) is 21.2 Å². The second-order valence-electron chi connectivity index (χ2n) is 4.70. The number of hydrogen-bond donors (Lipinski definition) is 1. The predicted molar refractivity (Wildman–Crippen MR) is 82.5 cm³/mol. The highest BCUT2D eigenvalue weighted by Gasteiger charge is 2.13. The number of anilines is 1. The minimum atomic E-state index is 0.0520. The SMILES string of the molecule is Cc1cccc(C)c1CC(=O)c1cc(Br)ccc1N. The van der Waals surface area contributed by atoms with E-state index >= 15 is 0 Å². The molecule has 0 aliphatic heterocycles. The average Bonchev–Trinajstić information content (AvgIpc) is 2.37. The maximum absolute atomic E-state index is 12.4.